The summed E-state index contributed by atoms with van der Waals surface area (Å²) in [6, 6.07) is 5.80. The fraction of sp³-hybridized carbons (Fsp3) is 0.0769. The molecule has 0 saturated heterocycles. The maximum absolute atomic E-state index is 13.8. The van der Waals surface area contributed by atoms with E-state index in [9.17, 15) is 9.18 Å². The highest BCUT2D eigenvalue weighted by molar-refractivity contribution is 6.49. The van der Waals surface area contributed by atoms with Gasteiger partial charge in [0.25, 0.3) is 0 Å². The molecule has 3 nitrogen and oxygen atoms in total. The van der Waals surface area contributed by atoms with Gasteiger partial charge in [0, 0.05) is 5.56 Å². The minimum Gasteiger partial charge on any atom is -0.465 e. The first-order chi connectivity index (χ1) is 9.45. The van der Waals surface area contributed by atoms with Crippen LogP contribution < -0.4 is 0 Å². The molecule has 0 amide bonds. The third kappa shape index (κ3) is 2.73. The van der Waals surface area contributed by atoms with E-state index >= 15 is 0 Å². The largest absolute Gasteiger partial charge is 0.465 e. The lowest BCUT2D eigenvalue weighted by Gasteiger charge is -2.08. The summed E-state index contributed by atoms with van der Waals surface area (Å²) in [6.07, 6.45) is 0. The Labute approximate surface area is 129 Å². The van der Waals surface area contributed by atoms with Crippen LogP contribution in [0.1, 0.15) is 10.4 Å². The lowest BCUT2D eigenvalue weighted by atomic mass is 10.1. The molecule has 0 fully saturated rings. The summed E-state index contributed by atoms with van der Waals surface area (Å²) in [4.78, 5) is 15.0. The van der Waals surface area contributed by atoms with Crippen LogP contribution in [-0.4, -0.2) is 18.1 Å². The fourth-order valence-electron chi connectivity index (χ4n) is 1.57. The molecule has 104 valence electrons. The van der Waals surface area contributed by atoms with Crippen molar-refractivity contribution in [2.24, 2.45) is 0 Å². The van der Waals surface area contributed by atoms with Crippen molar-refractivity contribution in [1.82, 2.24) is 4.98 Å². The van der Waals surface area contributed by atoms with E-state index < -0.39 is 11.9 Å². The summed E-state index contributed by atoms with van der Waals surface area (Å²) < 4.78 is 18.2. The van der Waals surface area contributed by atoms with Gasteiger partial charge in [0.2, 0.25) is 5.95 Å². The van der Waals surface area contributed by atoms with Crippen molar-refractivity contribution in [3.8, 4) is 11.3 Å². The van der Waals surface area contributed by atoms with E-state index in [4.69, 9.17) is 34.8 Å². The minimum absolute atomic E-state index is 0.157. The quantitative estimate of drug-likeness (QED) is 0.456. The van der Waals surface area contributed by atoms with E-state index in [2.05, 4.69) is 9.72 Å². The lowest BCUT2D eigenvalue weighted by molar-refractivity contribution is 0.0594. The molecule has 7 heteroatoms. The molecule has 0 atom stereocenters. The van der Waals surface area contributed by atoms with Gasteiger partial charge < -0.3 is 4.74 Å². The van der Waals surface area contributed by atoms with Crippen molar-refractivity contribution in [2.45, 2.75) is 0 Å². The number of nitrogens with zero attached hydrogens (tertiary/aromatic N) is 1. The number of rotatable bonds is 2. The molecule has 0 radical (unpaired) electrons. The summed E-state index contributed by atoms with van der Waals surface area (Å²) >= 11 is 17.8. The van der Waals surface area contributed by atoms with Crippen LogP contribution in [0.4, 0.5) is 4.39 Å². The predicted molar refractivity (Wildman–Crippen MR) is 76.0 cm³/mol. The molecule has 20 heavy (non-hydrogen) atoms. The molecule has 0 saturated carbocycles. The van der Waals surface area contributed by atoms with Crippen molar-refractivity contribution in [2.75, 3.05) is 7.11 Å². The zero-order valence-corrected chi connectivity index (χ0v) is 12.4. The number of benzene rings is 1. The number of halogens is 4. The molecule has 2 rings (SSSR count). The third-order valence-electron chi connectivity index (χ3n) is 2.57. The number of hydrogen-bond acceptors (Lipinski definition) is 3. The number of carbonyl (C=O) groups excluding carboxylic acids is 1. The summed E-state index contributed by atoms with van der Waals surface area (Å²) in [6.45, 7) is 0. The van der Waals surface area contributed by atoms with Crippen molar-refractivity contribution in [3.63, 3.8) is 0 Å². The minimum atomic E-state index is -0.948. The number of carbonyl (C=O) groups is 1. The fourth-order valence-corrected chi connectivity index (χ4v) is 2.20. The Morgan fingerprint density at radius 2 is 1.85 bits per heavy atom. The maximum Gasteiger partial charge on any atom is 0.342 e. The lowest BCUT2D eigenvalue weighted by Crippen LogP contribution is -2.06. The second-order valence-electron chi connectivity index (χ2n) is 3.75. The van der Waals surface area contributed by atoms with Crippen LogP contribution >= 0.6 is 34.8 Å². The van der Waals surface area contributed by atoms with Gasteiger partial charge in [-0.05, 0) is 24.3 Å². The first-order valence-corrected chi connectivity index (χ1v) is 6.47. The van der Waals surface area contributed by atoms with E-state index in [1.807, 2.05) is 0 Å². The highest BCUT2D eigenvalue weighted by atomic mass is 35.5. The Morgan fingerprint density at radius 1 is 1.15 bits per heavy atom. The van der Waals surface area contributed by atoms with Crippen molar-refractivity contribution in [3.05, 3.63) is 50.8 Å². The van der Waals surface area contributed by atoms with E-state index in [0.717, 1.165) is 7.11 Å². The zero-order valence-electron chi connectivity index (χ0n) is 10.1. The van der Waals surface area contributed by atoms with Gasteiger partial charge in [-0.25, -0.2) is 9.78 Å². The Balaban J connectivity index is 2.53. The van der Waals surface area contributed by atoms with Gasteiger partial charge in [0.05, 0.1) is 27.9 Å². The summed E-state index contributed by atoms with van der Waals surface area (Å²) in [5, 5.41) is 0.606. The van der Waals surface area contributed by atoms with Crippen molar-refractivity contribution >= 4 is 40.8 Å². The number of pyridine rings is 1. The third-order valence-corrected chi connectivity index (χ3v) is 3.86. The highest BCUT2D eigenvalue weighted by Crippen LogP contribution is 2.37. The van der Waals surface area contributed by atoms with Gasteiger partial charge in [-0.15, -0.1) is 0 Å². The molecule has 1 heterocycles. The first-order valence-electron chi connectivity index (χ1n) is 5.34. The molecule has 0 aliphatic rings. The number of hydrogen-bond donors (Lipinski definition) is 0. The van der Waals surface area contributed by atoms with Crippen molar-refractivity contribution < 1.29 is 13.9 Å². The van der Waals surface area contributed by atoms with Gasteiger partial charge in [0.15, 0.2) is 0 Å². The van der Waals surface area contributed by atoms with Crippen LogP contribution in [0.15, 0.2) is 24.3 Å². The van der Waals surface area contributed by atoms with Crippen molar-refractivity contribution in [1.29, 1.82) is 0 Å². The number of esters is 1. The van der Waals surface area contributed by atoms with E-state index in [0.29, 0.717) is 5.56 Å². The Hall–Kier alpha value is -1.36. The molecule has 1 aromatic heterocycles. The molecule has 0 spiro atoms. The van der Waals surface area contributed by atoms with Crippen LogP contribution in [0.5, 0.6) is 0 Å². The van der Waals surface area contributed by atoms with E-state index in [1.165, 1.54) is 18.2 Å². The van der Waals surface area contributed by atoms with Crippen LogP contribution in [0, 0.1) is 5.95 Å². The summed E-state index contributed by atoms with van der Waals surface area (Å²) in [7, 11) is 1.16. The number of ether oxygens (including phenoxy) is 1. The number of methoxy groups -OCH3 is 1. The molecule has 0 aliphatic heterocycles. The summed E-state index contributed by atoms with van der Waals surface area (Å²) in [5.74, 6) is -1.75. The van der Waals surface area contributed by atoms with Crippen LogP contribution in [0.3, 0.4) is 0 Å². The molecule has 0 unspecified atom stereocenters. The van der Waals surface area contributed by atoms with Gasteiger partial charge in [0.1, 0.15) is 5.56 Å². The molecule has 1 aromatic carbocycles. The van der Waals surface area contributed by atoms with Gasteiger partial charge in [-0.3, -0.25) is 0 Å². The van der Waals surface area contributed by atoms with Crippen LogP contribution in [0.25, 0.3) is 11.3 Å². The Bertz CT molecular complexity index is 692. The molecule has 0 bridgehead atoms. The summed E-state index contributed by atoms with van der Waals surface area (Å²) in [5.41, 5.74) is 0.391. The SMILES string of the molecule is COC(=O)c1ccc(-c2ccc(Cl)c(Cl)c2Cl)nc1F. The number of aromatic nitrogens is 1. The molecule has 0 aliphatic carbocycles. The highest BCUT2D eigenvalue weighted by Gasteiger charge is 2.17. The average Bonchev–Trinajstić information content (AvgIpc) is 2.44. The second-order valence-corrected chi connectivity index (χ2v) is 4.91. The maximum atomic E-state index is 13.8. The predicted octanol–water partition coefficient (Wildman–Crippen LogP) is 4.63. The smallest absolute Gasteiger partial charge is 0.342 e. The normalized spacial score (nSPS) is 10.4. The molecule has 0 N–H and O–H groups in total. The van der Waals surface area contributed by atoms with Crippen LogP contribution in [-0.2, 0) is 4.74 Å². The Morgan fingerprint density at radius 3 is 2.45 bits per heavy atom. The van der Waals surface area contributed by atoms with E-state index in [1.54, 1.807) is 6.07 Å². The molecular formula is C13H7Cl3FNO2. The average molecular weight is 335 g/mol. The molecular weight excluding hydrogens is 328 g/mol. The van der Waals surface area contributed by atoms with Gasteiger partial charge >= 0.3 is 5.97 Å². The van der Waals surface area contributed by atoms with Gasteiger partial charge in [-0.1, -0.05) is 34.8 Å². The van der Waals surface area contributed by atoms with E-state index in [-0.39, 0.29) is 26.3 Å². The zero-order chi connectivity index (χ0) is 14.9. The molecule has 2 aromatic rings. The van der Waals surface area contributed by atoms with Crippen LogP contribution in [0.2, 0.25) is 15.1 Å². The Kier molecular flexibility index (Phi) is 4.48. The monoisotopic (exact) mass is 333 g/mol. The van der Waals surface area contributed by atoms with Gasteiger partial charge in [-0.2, -0.15) is 4.39 Å². The second kappa shape index (κ2) is 5.95. The topological polar surface area (TPSA) is 39.2 Å². The first kappa shape index (κ1) is 15.0. The standard InChI is InChI=1S/C13H7Cl3FNO2/c1-20-13(19)7-3-5-9(18-12(7)17)6-2-4-8(14)11(16)10(6)15/h2-5H,1H3.